The number of amides is 3. The second-order valence-electron chi connectivity index (χ2n) is 10.7. The molecule has 12 nitrogen and oxygen atoms in total. The Kier molecular flexibility index (Phi) is 11.2. The molecule has 232 valence electrons. The van der Waals surface area contributed by atoms with Gasteiger partial charge >= 0.3 is 12.1 Å². The summed E-state index contributed by atoms with van der Waals surface area (Å²) in [5.74, 6) is -1.73. The Morgan fingerprint density at radius 2 is 1.75 bits per heavy atom. The number of anilines is 1. The minimum Gasteiger partial charge on any atom is -0.480 e. The largest absolute Gasteiger partial charge is 0.480 e. The summed E-state index contributed by atoms with van der Waals surface area (Å²) in [6.45, 7) is 3.73. The van der Waals surface area contributed by atoms with E-state index >= 15 is 0 Å². The summed E-state index contributed by atoms with van der Waals surface area (Å²) in [6.07, 6.45) is 1.15. The van der Waals surface area contributed by atoms with Gasteiger partial charge in [-0.15, -0.1) is 0 Å². The van der Waals surface area contributed by atoms with Crippen LogP contribution in [0.4, 0.5) is 10.6 Å². The van der Waals surface area contributed by atoms with E-state index in [9.17, 15) is 24.3 Å². The van der Waals surface area contributed by atoms with Crippen LogP contribution in [0.2, 0.25) is 0 Å². The molecule has 1 saturated heterocycles. The molecule has 1 aliphatic heterocycles. The topological polar surface area (TPSA) is 159 Å². The van der Waals surface area contributed by atoms with Gasteiger partial charge in [-0.25, -0.2) is 14.6 Å². The van der Waals surface area contributed by atoms with E-state index in [1.165, 1.54) is 0 Å². The number of pyridine rings is 1. The lowest BCUT2D eigenvalue weighted by Crippen LogP contribution is -2.49. The number of carboxylic acid groups (broad SMARTS) is 1. The average Bonchev–Trinajstić information content (AvgIpc) is 3.43. The lowest BCUT2D eigenvalue weighted by molar-refractivity contribution is -0.139. The molecule has 0 spiro atoms. The number of aryl methyl sites for hydroxylation is 2. The molecule has 2 heterocycles. The maximum absolute atomic E-state index is 13.0. The highest BCUT2D eigenvalue weighted by Gasteiger charge is 2.37. The third-order valence-electron chi connectivity index (χ3n) is 7.04. The lowest BCUT2D eigenvalue weighted by Gasteiger charge is -2.24. The fourth-order valence-electron chi connectivity index (χ4n) is 4.91. The Balaban J connectivity index is 1.29. The number of rotatable bonds is 13. The van der Waals surface area contributed by atoms with Crippen molar-refractivity contribution in [3.05, 3.63) is 95.2 Å². The number of carbonyl (C=O) groups is 4. The van der Waals surface area contributed by atoms with Crippen LogP contribution in [-0.2, 0) is 25.7 Å². The normalized spacial score (nSPS) is 16.5. The molecule has 3 aromatic rings. The van der Waals surface area contributed by atoms with Crippen molar-refractivity contribution in [2.75, 3.05) is 31.6 Å². The Bertz CT molecular complexity index is 1420. The van der Waals surface area contributed by atoms with Crippen molar-refractivity contribution >= 4 is 29.7 Å². The average molecular weight is 604 g/mol. The summed E-state index contributed by atoms with van der Waals surface area (Å²) in [5.41, 5.74) is 2.94. The van der Waals surface area contributed by atoms with Crippen LogP contribution in [0.15, 0.2) is 72.9 Å². The summed E-state index contributed by atoms with van der Waals surface area (Å²) in [5, 5.41) is 17.8. The van der Waals surface area contributed by atoms with Gasteiger partial charge in [-0.1, -0.05) is 53.6 Å². The highest BCUT2D eigenvalue weighted by molar-refractivity contribution is 5.97. The highest BCUT2D eigenvalue weighted by Crippen LogP contribution is 2.22. The van der Waals surface area contributed by atoms with Gasteiger partial charge in [0.2, 0.25) is 5.91 Å². The molecule has 44 heavy (non-hydrogen) atoms. The van der Waals surface area contributed by atoms with Crippen LogP contribution in [0.25, 0.3) is 0 Å². The Morgan fingerprint density at radius 1 is 1.02 bits per heavy atom. The second-order valence-corrected chi connectivity index (χ2v) is 10.7. The van der Waals surface area contributed by atoms with E-state index in [1.54, 1.807) is 29.3 Å². The predicted octanol–water partition coefficient (Wildman–Crippen LogP) is 2.91. The first-order valence-electron chi connectivity index (χ1n) is 14.3. The summed E-state index contributed by atoms with van der Waals surface area (Å²) in [4.78, 5) is 55.8. The molecule has 3 amide bonds. The van der Waals surface area contributed by atoms with Gasteiger partial charge in [0, 0.05) is 24.8 Å². The van der Waals surface area contributed by atoms with Gasteiger partial charge < -0.3 is 35.4 Å². The SMILES string of the molecule is Cc1cc(C)cc(C(=O)N[C@@H](CNC(=O)CO[C@@H]2C[C@@H](CNc3ccccn3)N(C(=O)OCc3ccccc3)C2)C(=O)O)c1. The molecular formula is C32H37N5O7. The number of nitrogens with one attached hydrogen (secondary N) is 3. The summed E-state index contributed by atoms with van der Waals surface area (Å²) >= 11 is 0. The number of ether oxygens (including phenoxy) is 2. The Labute approximate surface area is 255 Å². The molecule has 12 heteroatoms. The van der Waals surface area contributed by atoms with Gasteiger partial charge in [0.05, 0.1) is 18.7 Å². The van der Waals surface area contributed by atoms with Gasteiger partial charge in [0.15, 0.2) is 0 Å². The number of nitrogens with zero attached hydrogens (tertiary/aromatic N) is 2. The third kappa shape index (κ3) is 9.53. The molecule has 1 aliphatic rings. The molecule has 0 aliphatic carbocycles. The molecule has 3 atom stereocenters. The third-order valence-corrected chi connectivity index (χ3v) is 7.04. The van der Waals surface area contributed by atoms with Crippen molar-refractivity contribution in [1.29, 1.82) is 0 Å². The maximum atomic E-state index is 13.0. The van der Waals surface area contributed by atoms with Gasteiger partial charge in [-0.3, -0.25) is 9.59 Å². The van der Waals surface area contributed by atoms with E-state index in [0.717, 1.165) is 16.7 Å². The second kappa shape index (κ2) is 15.5. The zero-order valence-electron chi connectivity index (χ0n) is 24.7. The first kappa shape index (κ1) is 32.0. The van der Waals surface area contributed by atoms with Crippen LogP contribution in [0, 0.1) is 13.8 Å². The lowest BCUT2D eigenvalue weighted by atomic mass is 10.1. The minimum atomic E-state index is -1.34. The number of aliphatic carboxylic acids is 1. The van der Waals surface area contributed by atoms with Crippen LogP contribution in [-0.4, -0.2) is 83.3 Å². The van der Waals surface area contributed by atoms with E-state index in [4.69, 9.17) is 9.47 Å². The van der Waals surface area contributed by atoms with E-state index in [1.807, 2.05) is 62.4 Å². The number of hydrogen-bond acceptors (Lipinski definition) is 8. The zero-order chi connectivity index (χ0) is 31.5. The Hall–Kier alpha value is -4.97. The van der Waals surface area contributed by atoms with Gasteiger partial charge in [-0.05, 0) is 50.1 Å². The van der Waals surface area contributed by atoms with Crippen LogP contribution in [0.5, 0.6) is 0 Å². The van der Waals surface area contributed by atoms with Crippen LogP contribution >= 0.6 is 0 Å². The quantitative estimate of drug-likeness (QED) is 0.230. The van der Waals surface area contributed by atoms with Crippen molar-refractivity contribution in [1.82, 2.24) is 20.5 Å². The van der Waals surface area contributed by atoms with Crippen molar-refractivity contribution in [2.24, 2.45) is 0 Å². The molecule has 1 fully saturated rings. The highest BCUT2D eigenvalue weighted by atomic mass is 16.6. The van der Waals surface area contributed by atoms with E-state index in [2.05, 4.69) is 20.9 Å². The van der Waals surface area contributed by atoms with Crippen molar-refractivity contribution < 1.29 is 33.8 Å². The van der Waals surface area contributed by atoms with Crippen LogP contribution in [0.3, 0.4) is 0 Å². The standard InChI is InChI=1S/C32H37N5O7/c1-21-12-22(2)14-24(13-21)30(39)36-27(31(40)41)17-35-29(38)20-43-26-15-25(16-34-28-10-6-7-11-33-28)37(18-26)32(42)44-19-23-8-4-3-5-9-23/h3-14,25-27H,15-20H2,1-2H3,(H,33,34)(H,35,38)(H,36,39)(H,40,41)/t25-,26+,27-/m0/s1. The molecule has 0 bridgehead atoms. The number of benzene rings is 2. The zero-order valence-corrected chi connectivity index (χ0v) is 24.7. The molecule has 0 unspecified atom stereocenters. The molecule has 4 rings (SSSR count). The van der Waals surface area contributed by atoms with Crippen molar-refractivity contribution in [3.8, 4) is 0 Å². The van der Waals surface area contributed by atoms with Gasteiger partial charge in [0.1, 0.15) is 25.1 Å². The number of likely N-dealkylation sites (tertiary alicyclic amines) is 1. The maximum Gasteiger partial charge on any atom is 0.410 e. The van der Waals surface area contributed by atoms with Crippen LogP contribution in [0.1, 0.15) is 33.5 Å². The first-order valence-corrected chi connectivity index (χ1v) is 14.3. The number of carboxylic acids is 1. The summed E-state index contributed by atoms with van der Waals surface area (Å²) < 4.78 is 11.4. The number of hydrogen-bond donors (Lipinski definition) is 4. The summed E-state index contributed by atoms with van der Waals surface area (Å²) in [7, 11) is 0. The van der Waals surface area contributed by atoms with Crippen molar-refractivity contribution in [2.45, 2.75) is 45.1 Å². The molecule has 0 radical (unpaired) electrons. The fraction of sp³-hybridized carbons (Fsp3) is 0.344. The molecule has 4 N–H and O–H groups in total. The first-order chi connectivity index (χ1) is 21.2. The van der Waals surface area contributed by atoms with Crippen molar-refractivity contribution in [3.63, 3.8) is 0 Å². The molecule has 2 aromatic carbocycles. The number of aromatic nitrogens is 1. The van der Waals surface area contributed by atoms with Gasteiger partial charge in [-0.2, -0.15) is 0 Å². The van der Waals surface area contributed by atoms with E-state index in [0.29, 0.717) is 24.3 Å². The molecule has 0 saturated carbocycles. The molecular weight excluding hydrogens is 566 g/mol. The summed E-state index contributed by atoms with van der Waals surface area (Å²) in [6, 6.07) is 18.4. The Morgan fingerprint density at radius 3 is 2.43 bits per heavy atom. The van der Waals surface area contributed by atoms with Gasteiger partial charge in [0.25, 0.3) is 5.91 Å². The number of carbonyl (C=O) groups excluding carboxylic acids is 3. The van der Waals surface area contributed by atoms with Crippen LogP contribution < -0.4 is 16.0 Å². The monoisotopic (exact) mass is 603 g/mol. The fourth-order valence-corrected chi connectivity index (χ4v) is 4.91. The molecule has 1 aromatic heterocycles. The smallest absolute Gasteiger partial charge is 0.410 e. The van der Waals surface area contributed by atoms with E-state index < -0.39 is 36.0 Å². The minimum absolute atomic E-state index is 0.120. The predicted molar refractivity (Wildman–Crippen MR) is 162 cm³/mol. The van der Waals surface area contributed by atoms with E-state index in [-0.39, 0.29) is 32.3 Å².